The van der Waals surface area contributed by atoms with Gasteiger partial charge in [-0.05, 0) is 54.7 Å². The van der Waals surface area contributed by atoms with Crippen molar-refractivity contribution in [1.82, 2.24) is 20.5 Å². The zero-order valence-corrected chi connectivity index (χ0v) is 20.2. The van der Waals surface area contributed by atoms with Gasteiger partial charge in [-0.2, -0.15) is 0 Å². The molecule has 7 nitrogen and oxygen atoms in total. The highest BCUT2D eigenvalue weighted by molar-refractivity contribution is 6.09. The summed E-state index contributed by atoms with van der Waals surface area (Å²) in [7, 11) is 0. The summed E-state index contributed by atoms with van der Waals surface area (Å²) >= 11 is 0. The smallest absolute Gasteiger partial charge is 0.325 e. The number of pyridine rings is 1. The first-order chi connectivity index (χ1) is 16.3. The Morgan fingerprint density at radius 3 is 2.44 bits per heavy atom. The fourth-order valence-corrected chi connectivity index (χ4v) is 5.21. The maximum Gasteiger partial charge on any atom is 0.325 e. The van der Waals surface area contributed by atoms with Gasteiger partial charge in [0.1, 0.15) is 12.1 Å². The highest BCUT2D eigenvalue weighted by Gasteiger charge is 2.53. The monoisotopic (exact) mass is 462 g/mol. The first-order valence-electron chi connectivity index (χ1n) is 12.1. The Labute approximate surface area is 201 Å². The van der Waals surface area contributed by atoms with E-state index < -0.39 is 23.5 Å². The molecule has 1 saturated carbocycles. The van der Waals surface area contributed by atoms with Crippen LogP contribution in [0.5, 0.6) is 0 Å². The average Bonchev–Trinajstić information content (AvgIpc) is 3.07. The summed E-state index contributed by atoms with van der Waals surface area (Å²) in [5.74, 6) is -0.162. The molecule has 1 aromatic heterocycles. The predicted molar refractivity (Wildman–Crippen MR) is 130 cm³/mol. The number of hydrogen-bond donors (Lipinski definition) is 2. The highest BCUT2D eigenvalue weighted by atomic mass is 16.2. The zero-order valence-electron chi connectivity index (χ0n) is 20.2. The van der Waals surface area contributed by atoms with Crippen LogP contribution in [0.1, 0.15) is 70.2 Å². The number of amides is 4. The second kappa shape index (κ2) is 9.57. The second-order valence-electron chi connectivity index (χ2n) is 10.2. The topological polar surface area (TPSA) is 91.4 Å². The summed E-state index contributed by atoms with van der Waals surface area (Å²) < 4.78 is 0. The van der Waals surface area contributed by atoms with Crippen LogP contribution in [-0.2, 0) is 9.59 Å². The molecule has 4 amide bonds. The van der Waals surface area contributed by atoms with E-state index in [4.69, 9.17) is 0 Å². The van der Waals surface area contributed by atoms with Crippen molar-refractivity contribution in [2.24, 2.45) is 11.3 Å². The number of carbonyl (C=O) groups excluding carboxylic acids is 3. The van der Waals surface area contributed by atoms with Crippen LogP contribution in [0, 0.1) is 11.3 Å². The van der Waals surface area contributed by atoms with Crippen molar-refractivity contribution in [1.29, 1.82) is 0 Å². The molecule has 34 heavy (non-hydrogen) atoms. The molecule has 2 fully saturated rings. The third-order valence-corrected chi connectivity index (χ3v) is 7.82. The number of hydrogen-bond acceptors (Lipinski definition) is 4. The van der Waals surface area contributed by atoms with E-state index in [0.29, 0.717) is 24.5 Å². The number of nitrogens with zero attached hydrogens (tertiary/aromatic N) is 2. The van der Waals surface area contributed by atoms with Crippen LogP contribution in [0.3, 0.4) is 0 Å². The van der Waals surface area contributed by atoms with Gasteiger partial charge in [-0.1, -0.05) is 63.6 Å². The van der Waals surface area contributed by atoms with Crippen molar-refractivity contribution in [2.45, 2.75) is 64.5 Å². The lowest BCUT2D eigenvalue weighted by Gasteiger charge is -2.42. The molecule has 1 unspecified atom stereocenters. The van der Waals surface area contributed by atoms with Crippen molar-refractivity contribution in [3.63, 3.8) is 0 Å². The molecule has 1 aliphatic heterocycles. The minimum atomic E-state index is -0.877. The predicted octanol–water partition coefficient (Wildman–Crippen LogP) is 4.20. The van der Waals surface area contributed by atoms with Crippen LogP contribution < -0.4 is 10.6 Å². The maximum atomic E-state index is 13.3. The molecule has 180 valence electrons. The van der Waals surface area contributed by atoms with Crippen LogP contribution in [-0.4, -0.2) is 39.8 Å². The van der Waals surface area contributed by atoms with Gasteiger partial charge in [-0.25, -0.2) is 4.79 Å². The molecule has 7 heteroatoms. The fourth-order valence-electron chi connectivity index (χ4n) is 5.21. The van der Waals surface area contributed by atoms with Crippen LogP contribution >= 0.6 is 0 Å². The molecule has 2 heterocycles. The van der Waals surface area contributed by atoms with Crippen molar-refractivity contribution in [3.05, 3.63) is 66.0 Å². The number of aromatic nitrogens is 1. The number of nitrogens with one attached hydrogen (secondary N) is 2. The largest absolute Gasteiger partial charge is 0.342 e. The van der Waals surface area contributed by atoms with E-state index in [1.807, 2.05) is 48.5 Å². The lowest BCUT2D eigenvalue weighted by atomic mass is 9.65. The van der Waals surface area contributed by atoms with Crippen LogP contribution in [0.4, 0.5) is 4.79 Å². The molecule has 2 aromatic rings. The van der Waals surface area contributed by atoms with Gasteiger partial charge in [0, 0.05) is 6.20 Å². The third kappa shape index (κ3) is 4.69. The molecule has 2 aliphatic rings. The Kier molecular flexibility index (Phi) is 6.73. The lowest BCUT2D eigenvalue weighted by molar-refractivity contribution is -0.136. The van der Waals surface area contributed by atoms with Gasteiger partial charge >= 0.3 is 6.03 Å². The summed E-state index contributed by atoms with van der Waals surface area (Å²) in [5, 5.41) is 5.89. The summed E-state index contributed by atoms with van der Waals surface area (Å²) in [6.07, 6.45) is 5.77. The molecule has 1 aliphatic carbocycles. The van der Waals surface area contributed by atoms with Crippen molar-refractivity contribution < 1.29 is 14.4 Å². The van der Waals surface area contributed by atoms with Crippen molar-refractivity contribution in [3.8, 4) is 0 Å². The molecule has 2 N–H and O–H groups in total. The molecule has 1 aromatic carbocycles. The normalized spacial score (nSPS) is 23.6. The molecule has 1 atom stereocenters. The van der Waals surface area contributed by atoms with E-state index >= 15 is 0 Å². The molecule has 0 bridgehead atoms. The molecule has 1 spiro atoms. The molecular weight excluding hydrogens is 428 g/mol. The zero-order chi connectivity index (χ0) is 24.3. The van der Waals surface area contributed by atoms with Crippen LogP contribution in [0.15, 0.2) is 54.7 Å². The minimum absolute atomic E-state index is 0.213. The maximum absolute atomic E-state index is 13.3. The number of benzene rings is 1. The quantitative estimate of drug-likeness (QED) is 0.603. The van der Waals surface area contributed by atoms with E-state index in [1.165, 1.54) is 0 Å². The van der Waals surface area contributed by atoms with Crippen LogP contribution in [0.2, 0.25) is 0 Å². The van der Waals surface area contributed by atoms with Gasteiger partial charge in [0.25, 0.3) is 5.91 Å². The number of carbonyl (C=O) groups is 3. The van der Waals surface area contributed by atoms with E-state index in [2.05, 4.69) is 36.4 Å². The molecule has 4 rings (SSSR count). The third-order valence-electron chi connectivity index (χ3n) is 7.82. The van der Waals surface area contributed by atoms with E-state index in [9.17, 15) is 14.4 Å². The summed E-state index contributed by atoms with van der Waals surface area (Å²) in [6.45, 7) is 6.42. The van der Waals surface area contributed by atoms with Crippen molar-refractivity contribution >= 4 is 17.8 Å². The van der Waals surface area contributed by atoms with Crippen molar-refractivity contribution in [2.75, 3.05) is 6.54 Å². The molecular formula is C27H34N4O3. The Bertz CT molecular complexity index is 991. The van der Waals surface area contributed by atoms with Gasteiger partial charge in [0.2, 0.25) is 5.91 Å². The Morgan fingerprint density at radius 1 is 1.15 bits per heavy atom. The van der Waals surface area contributed by atoms with Gasteiger partial charge in [-0.15, -0.1) is 0 Å². The van der Waals surface area contributed by atoms with E-state index in [1.54, 1.807) is 6.20 Å². The Morgan fingerprint density at radius 2 is 1.82 bits per heavy atom. The van der Waals surface area contributed by atoms with E-state index in [-0.39, 0.29) is 17.9 Å². The average molecular weight is 463 g/mol. The van der Waals surface area contributed by atoms with Gasteiger partial charge in [0.15, 0.2) is 0 Å². The highest BCUT2D eigenvalue weighted by Crippen LogP contribution is 2.45. The van der Waals surface area contributed by atoms with Crippen LogP contribution in [0.25, 0.3) is 0 Å². The van der Waals surface area contributed by atoms with E-state index in [0.717, 1.165) is 29.7 Å². The summed E-state index contributed by atoms with van der Waals surface area (Å²) in [4.78, 5) is 44.6. The molecule has 0 radical (unpaired) electrons. The standard InChI is InChI=1S/C27H34N4O3/c1-4-26(2,3)20-13-15-27(16-14-20)24(33)31(25(34)30-27)18-22(32)29-23(19-10-6-5-7-11-19)21-12-8-9-17-28-21/h5-12,17,20,23H,4,13-16,18H2,1-3H3,(H,29,32)(H,30,34). The fraction of sp³-hybridized carbons (Fsp3) is 0.481. The van der Waals surface area contributed by atoms with Gasteiger partial charge in [-0.3, -0.25) is 19.5 Å². The first kappa shape index (κ1) is 23.9. The first-order valence-corrected chi connectivity index (χ1v) is 12.1. The second-order valence-corrected chi connectivity index (χ2v) is 10.2. The summed E-state index contributed by atoms with van der Waals surface area (Å²) in [6, 6.07) is 14.1. The Hall–Kier alpha value is -3.22. The SMILES string of the molecule is CCC(C)(C)C1CCC2(CC1)NC(=O)N(CC(=O)NC(c1ccccc1)c1ccccn1)C2=O. The minimum Gasteiger partial charge on any atom is -0.342 e. The van der Waals surface area contributed by atoms with Gasteiger partial charge in [0.05, 0.1) is 11.7 Å². The number of imide groups is 1. The number of rotatable bonds is 7. The number of urea groups is 1. The Balaban J connectivity index is 1.45. The van der Waals surface area contributed by atoms with Gasteiger partial charge < -0.3 is 10.6 Å². The molecule has 1 saturated heterocycles. The summed E-state index contributed by atoms with van der Waals surface area (Å²) in [5.41, 5.74) is 0.898. The lowest BCUT2D eigenvalue weighted by Crippen LogP contribution is -2.51.